The minimum atomic E-state index is -0.163. The van der Waals surface area contributed by atoms with Gasteiger partial charge in [0.1, 0.15) is 0 Å². The summed E-state index contributed by atoms with van der Waals surface area (Å²) in [6.07, 6.45) is 1.98. The first-order chi connectivity index (χ1) is 7.35. The molecule has 0 fully saturated rings. The van der Waals surface area contributed by atoms with Gasteiger partial charge >= 0.3 is 0 Å². The van der Waals surface area contributed by atoms with Gasteiger partial charge in [0.25, 0.3) is 0 Å². The van der Waals surface area contributed by atoms with E-state index in [2.05, 4.69) is 10.6 Å². The van der Waals surface area contributed by atoms with Gasteiger partial charge in [0.05, 0.1) is 6.54 Å². The maximum atomic E-state index is 11.4. The highest BCUT2D eigenvalue weighted by molar-refractivity contribution is 5.78. The lowest BCUT2D eigenvalue weighted by Gasteiger charge is -2.20. The fourth-order valence-corrected chi connectivity index (χ4v) is 1.33. The summed E-state index contributed by atoms with van der Waals surface area (Å²) < 4.78 is 0. The molecule has 3 N–H and O–H groups in total. The third-order valence-corrected chi connectivity index (χ3v) is 2.16. The van der Waals surface area contributed by atoms with E-state index >= 15 is 0 Å². The lowest BCUT2D eigenvalue weighted by Crippen LogP contribution is -2.45. The molecule has 96 valence electrons. The lowest BCUT2D eigenvalue weighted by atomic mass is 10.1. The Balaban J connectivity index is 3.42. The van der Waals surface area contributed by atoms with Gasteiger partial charge in [-0.3, -0.25) is 4.79 Å². The molecule has 0 spiro atoms. The van der Waals surface area contributed by atoms with Crippen LogP contribution >= 0.6 is 0 Å². The first-order valence-corrected chi connectivity index (χ1v) is 5.97. The van der Waals surface area contributed by atoms with Crippen LogP contribution in [0.5, 0.6) is 0 Å². The Morgan fingerprint density at radius 3 is 2.50 bits per heavy atom. The van der Waals surface area contributed by atoms with E-state index in [1.807, 2.05) is 27.7 Å². The minimum absolute atomic E-state index is 0.0303. The predicted molar refractivity (Wildman–Crippen MR) is 66.2 cm³/mol. The van der Waals surface area contributed by atoms with Gasteiger partial charge in [0.15, 0.2) is 0 Å². The molecule has 0 aromatic rings. The van der Waals surface area contributed by atoms with Gasteiger partial charge in [-0.25, -0.2) is 0 Å². The molecule has 4 heteroatoms. The molecule has 1 unspecified atom stereocenters. The first kappa shape index (κ1) is 15.4. The van der Waals surface area contributed by atoms with Gasteiger partial charge in [-0.05, 0) is 46.1 Å². The van der Waals surface area contributed by atoms with Crippen molar-refractivity contribution in [3.05, 3.63) is 0 Å². The quantitative estimate of drug-likeness (QED) is 0.569. The lowest BCUT2D eigenvalue weighted by molar-refractivity contribution is -0.121. The van der Waals surface area contributed by atoms with Gasteiger partial charge in [-0.2, -0.15) is 0 Å². The van der Waals surface area contributed by atoms with Crippen LogP contribution in [0.4, 0.5) is 0 Å². The van der Waals surface area contributed by atoms with Crippen LogP contribution in [0.25, 0.3) is 0 Å². The molecule has 4 nitrogen and oxygen atoms in total. The number of aliphatic hydroxyl groups is 1. The molecule has 0 bridgehead atoms. The van der Waals surface area contributed by atoms with Crippen molar-refractivity contribution in [1.29, 1.82) is 0 Å². The maximum absolute atomic E-state index is 11.4. The summed E-state index contributed by atoms with van der Waals surface area (Å²) in [6.45, 7) is 9.35. The number of aliphatic hydroxyl groups excluding tert-OH is 1. The van der Waals surface area contributed by atoms with Crippen LogP contribution in [-0.4, -0.2) is 36.2 Å². The Bertz CT molecular complexity index is 200. The fourth-order valence-electron chi connectivity index (χ4n) is 1.33. The summed E-state index contributed by atoms with van der Waals surface area (Å²) in [4.78, 5) is 11.4. The Morgan fingerprint density at radius 1 is 1.38 bits per heavy atom. The topological polar surface area (TPSA) is 61.4 Å². The van der Waals surface area contributed by atoms with Gasteiger partial charge in [0, 0.05) is 12.1 Å². The van der Waals surface area contributed by atoms with E-state index < -0.39 is 0 Å². The molecule has 0 aromatic heterocycles. The third kappa shape index (κ3) is 9.93. The third-order valence-electron chi connectivity index (χ3n) is 2.16. The number of rotatable bonds is 7. The summed E-state index contributed by atoms with van der Waals surface area (Å²) in [6, 6.07) is 0. The van der Waals surface area contributed by atoms with E-state index in [9.17, 15) is 4.79 Å². The van der Waals surface area contributed by atoms with E-state index in [1.165, 1.54) is 0 Å². The van der Waals surface area contributed by atoms with Crippen LogP contribution < -0.4 is 10.6 Å². The highest BCUT2D eigenvalue weighted by Gasteiger charge is 2.12. The van der Waals surface area contributed by atoms with Crippen LogP contribution in [0, 0.1) is 5.92 Å². The molecule has 16 heavy (non-hydrogen) atoms. The number of amides is 1. The van der Waals surface area contributed by atoms with Crippen molar-refractivity contribution in [1.82, 2.24) is 10.6 Å². The van der Waals surface area contributed by atoms with Crippen molar-refractivity contribution in [2.24, 2.45) is 5.92 Å². The van der Waals surface area contributed by atoms with Crippen LogP contribution in [0.2, 0.25) is 0 Å². The molecule has 0 aliphatic carbocycles. The van der Waals surface area contributed by atoms with Crippen molar-refractivity contribution in [2.45, 2.75) is 46.1 Å². The smallest absolute Gasteiger partial charge is 0.234 e. The number of nitrogens with one attached hydrogen (secondary N) is 2. The summed E-state index contributed by atoms with van der Waals surface area (Å²) in [7, 11) is 0. The minimum Gasteiger partial charge on any atom is -0.396 e. The van der Waals surface area contributed by atoms with Crippen molar-refractivity contribution in [2.75, 3.05) is 19.7 Å². The van der Waals surface area contributed by atoms with Crippen molar-refractivity contribution in [3.8, 4) is 0 Å². The molecular formula is C12H26N2O2. The molecule has 1 amide bonds. The first-order valence-electron chi connectivity index (χ1n) is 5.97. The molecular weight excluding hydrogens is 204 g/mol. The molecule has 0 aliphatic rings. The van der Waals surface area contributed by atoms with Crippen molar-refractivity contribution < 1.29 is 9.90 Å². The summed E-state index contributed by atoms with van der Waals surface area (Å²) in [5.74, 6) is 0.382. The van der Waals surface area contributed by atoms with E-state index in [0.717, 1.165) is 19.4 Å². The van der Waals surface area contributed by atoms with Gasteiger partial charge in [-0.15, -0.1) is 0 Å². The van der Waals surface area contributed by atoms with E-state index in [1.54, 1.807) is 0 Å². The van der Waals surface area contributed by atoms with Gasteiger partial charge in [-0.1, -0.05) is 6.92 Å². The summed E-state index contributed by atoms with van der Waals surface area (Å²) in [5, 5.41) is 14.8. The average Bonchev–Trinajstić information content (AvgIpc) is 2.14. The van der Waals surface area contributed by atoms with E-state index in [0.29, 0.717) is 12.5 Å². The van der Waals surface area contributed by atoms with Gasteiger partial charge < -0.3 is 15.7 Å². The molecule has 0 heterocycles. The number of hydrogen-bond acceptors (Lipinski definition) is 3. The highest BCUT2D eigenvalue weighted by atomic mass is 16.3. The zero-order chi connectivity index (χ0) is 12.6. The van der Waals surface area contributed by atoms with Crippen LogP contribution in [0.15, 0.2) is 0 Å². The summed E-state index contributed by atoms with van der Waals surface area (Å²) >= 11 is 0. The number of carbonyl (C=O) groups is 1. The van der Waals surface area contributed by atoms with Crippen LogP contribution in [-0.2, 0) is 4.79 Å². The van der Waals surface area contributed by atoms with Crippen molar-refractivity contribution in [3.63, 3.8) is 0 Å². The van der Waals surface area contributed by atoms with E-state index in [-0.39, 0.29) is 18.1 Å². The molecule has 0 aromatic carbocycles. The Morgan fingerprint density at radius 2 is 2.00 bits per heavy atom. The second kappa shape index (κ2) is 7.63. The monoisotopic (exact) mass is 230 g/mol. The molecule has 0 aliphatic heterocycles. The SMILES string of the molecule is CC(CO)CCCNCC(=O)NC(C)(C)C. The number of carbonyl (C=O) groups excluding carboxylic acids is 1. The zero-order valence-corrected chi connectivity index (χ0v) is 11.0. The standard InChI is InChI=1S/C12H26N2O2/c1-10(9-15)6-5-7-13-8-11(16)14-12(2,3)4/h10,13,15H,5-9H2,1-4H3,(H,14,16). The molecule has 0 saturated heterocycles. The Hall–Kier alpha value is -0.610. The fraction of sp³-hybridized carbons (Fsp3) is 0.917. The number of hydrogen-bond donors (Lipinski definition) is 3. The molecule has 1 atom stereocenters. The molecule has 0 radical (unpaired) electrons. The largest absolute Gasteiger partial charge is 0.396 e. The highest BCUT2D eigenvalue weighted by Crippen LogP contribution is 2.02. The summed E-state index contributed by atoms with van der Waals surface area (Å²) in [5.41, 5.74) is -0.163. The second-order valence-corrected chi connectivity index (χ2v) is 5.40. The van der Waals surface area contributed by atoms with Crippen LogP contribution in [0.3, 0.4) is 0 Å². The molecule has 0 saturated carbocycles. The molecule has 0 rings (SSSR count). The average molecular weight is 230 g/mol. The normalized spacial score (nSPS) is 13.6. The maximum Gasteiger partial charge on any atom is 0.234 e. The predicted octanol–water partition coefficient (Wildman–Crippen LogP) is 0.899. The Labute approximate surface area is 98.8 Å². The van der Waals surface area contributed by atoms with Gasteiger partial charge in [0.2, 0.25) is 5.91 Å². The van der Waals surface area contributed by atoms with Crippen molar-refractivity contribution >= 4 is 5.91 Å². The second-order valence-electron chi connectivity index (χ2n) is 5.40. The van der Waals surface area contributed by atoms with Crippen LogP contribution in [0.1, 0.15) is 40.5 Å². The Kier molecular flexibility index (Phi) is 7.34. The zero-order valence-electron chi connectivity index (χ0n) is 11.0. The van der Waals surface area contributed by atoms with E-state index in [4.69, 9.17) is 5.11 Å².